The Labute approximate surface area is 423 Å². The molecule has 1 saturated carbocycles. The Morgan fingerprint density at radius 2 is 0.843 bits per heavy atom. The molecule has 12 nitrogen and oxygen atoms in total. The van der Waals surface area contributed by atoms with Crippen molar-refractivity contribution in [1.29, 1.82) is 0 Å². The summed E-state index contributed by atoms with van der Waals surface area (Å²) >= 11 is 0. The normalized spacial score (nSPS) is 21.8. The van der Waals surface area contributed by atoms with Crippen molar-refractivity contribution in [1.82, 2.24) is 0 Å². The average Bonchev–Trinajstić information content (AvgIpc) is 3.35. The molecule has 400 valence electrons. The summed E-state index contributed by atoms with van der Waals surface area (Å²) in [6.45, 7) is 4.04. The second kappa shape index (κ2) is 45.8. The lowest BCUT2D eigenvalue weighted by Gasteiger charge is -2.41. The highest BCUT2D eigenvalue weighted by atomic mass is 31.2. The summed E-state index contributed by atoms with van der Waals surface area (Å²) in [5, 5.41) is 50.3. The number of ether oxygens (including phenoxy) is 2. The topological polar surface area (TPSA) is 192 Å². The highest BCUT2D eigenvalue weighted by Crippen LogP contribution is 2.47. The summed E-state index contributed by atoms with van der Waals surface area (Å²) in [5.41, 5.74) is 0. The monoisotopic (exact) mass is 1000 g/mol. The van der Waals surface area contributed by atoms with Crippen LogP contribution in [0.5, 0.6) is 0 Å². The molecule has 1 rings (SSSR count). The van der Waals surface area contributed by atoms with Gasteiger partial charge in [-0.1, -0.05) is 194 Å². The van der Waals surface area contributed by atoms with E-state index in [-0.39, 0.29) is 13.0 Å². The number of carbonyl (C=O) groups is 1. The zero-order valence-electron chi connectivity index (χ0n) is 43.0. The van der Waals surface area contributed by atoms with E-state index in [1.54, 1.807) is 0 Å². The summed E-state index contributed by atoms with van der Waals surface area (Å²) in [6, 6.07) is 0. The van der Waals surface area contributed by atoms with Gasteiger partial charge in [0.15, 0.2) is 0 Å². The summed E-state index contributed by atoms with van der Waals surface area (Å²) in [7, 11) is -5.05. The van der Waals surface area contributed by atoms with Gasteiger partial charge in [-0.3, -0.25) is 13.8 Å². The first-order valence-corrected chi connectivity index (χ1v) is 28.2. The maximum absolute atomic E-state index is 12.9. The number of unbranched alkanes of at least 4 members (excludes halogenated alkanes) is 14. The molecule has 0 aromatic carbocycles. The van der Waals surface area contributed by atoms with Crippen LogP contribution >= 0.6 is 7.82 Å². The average molecular weight is 1000 g/mol. The second-order valence-corrected chi connectivity index (χ2v) is 19.4. The van der Waals surface area contributed by atoms with Gasteiger partial charge in [-0.25, -0.2) is 4.57 Å². The van der Waals surface area contributed by atoms with E-state index in [0.717, 1.165) is 77.0 Å². The van der Waals surface area contributed by atoms with E-state index >= 15 is 0 Å². The fourth-order valence-corrected chi connectivity index (χ4v) is 8.42. The largest absolute Gasteiger partial charge is 0.472 e. The third kappa shape index (κ3) is 36.8. The van der Waals surface area contributed by atoms with Crippen LogP contribution in [0.15, 0.2) is 109 Å². The van der Waals surface area contributed by atoms with Gasteiger partial charge in [0.1, 0.15) is 42.7 Å². The third-order valence-corrected chi connectivity index (χ3v) is 12.6. The highest BCUT2D eigenvalue weighted by Gasteiger charge is 2.51. The summed E-state index contributed by atoms with van der Waals surface area (Å²) in [6.07, 6.45) is 53.1. The molecule has 13 heteroatoms. The van der Waals surface area contributed by atoms with Crippen molar-refractivity contribution in [3.05, 3.63) is 109 Å². The van der Waals surface area contributed by atoms with Crippen LogP contribution in [0.3, 0.4) is 0 Å². The molecule has 70 heavy (non-hydrogen) atoms. The van der Waals surface area contributed by atoms with Gasteiger partial charge in [-0.15, -0.1) is 0 Å². The van der Waals surface area contributed by atoms with Crippen molar-refractivity contribution in [2.24, 2.45) is 0 Å². The maximum atomic E-state index is 12.9. The van der Waals surface area contributed by atoms with Gasteiger partial charge in [0.2, 0.25) is 0 Å². The van der Waals surface area contributed by atoms with Crippen LogP contribution in [0.25, 0.3) is 0 Å². The van der Waals surface area contributed by atoms with Crippen molar-refractivity contribution in [3.63, 3.8) is 0 Å². The first-order chi connectivity index (χ1) is 34.0. The Morgan fingerprint density at radius 3 is 1.29 bits per heavy atom. The van der Waals surface area contributed by atoms with Crippen LogP contribution < -0.4 is 0 Å². The smallest absolute Gasteiger partial charge is 0.457 e. The lowest BCUT2D eigenvalue weighted by atomic mass is 9.85. The first kappa shape index (κ1) is 65.0. The van der Waals surface area contributed by atoms with Crippen LogP contribution in [-0.4, -0.2) is 98.9 Å². The molecule has 6 N–H and O–H groups in total. The molecule has 0 radical (unpaired) electrons. The molecule has 0 saturated heterocycles. The number of carbonyl (C=O) groups excluding carboxylic acids is 1. The molecule has 0 heterocycles. The summed E-state index contributed by atoms with van der Waals surface area (Å²) < 4.78 is 34.2. The van der Waals surface area contributed by atoms with Gasteiger partial charge in [0.25, 0.3) is 0 Å². The lowest BCUT2D eigenvalue weighted by molar-refractivity contribution is -0.220. The Balaban J connectivity index is 2.38. The zero-order chi connectivity index (χ0) is 51.2. The summed E-state index contributed by atoms with van der Waals surface area (Å²) in [4.78, 5) is 23.2. The Hall–Kier alpha value is -3.00. The van der Waals surface area contributed by atoms with Gasteiger partial charge in [0, 0.05) is 13.0 Å². The molecule has 0 aromatic rings. The number of esters is 1. The van der Waals surface area contributed by atoms with E-state index in [2.05, 4.69) is 111 Å². The molecular formula is C57H95O12P. The molecular weight excluding hydrogens is 908 g/mol. The number of hydrogen-bond acceptors (Lipinski definition) is 11. The fourth-order valence-electron chi connectivity index (χ4n) is 7.45. The Morgan fingerprint density at radius 1 is 0.471 bits per heavy atom. The molecule has 0 bridgehead atoms. The first-order valence-electron chi connectivity index (χ1n) is 26.7. The molecule has 6 atom stereocenters. The predicted octanol–water partition coefficient (Wildman–Crippen LogP) is 12.4. The minimum absolute atomic E-state index is 0.0528. The molecule has 0 aromatic heterocycles. The maximum Gasteiger partial charge on any atom is 0.472 e. The van der Waals surface area contributed by atoms with Gasteiger partial charge >= 0.3 is 13.8 Å². The SMILES string of the molecule is CC/C=C\C/C=C\C/C=C\C/C=C\C/C=C\C/C=C\CCC(=O)OC(COCCCCCCCCCCC/C=C\C/C=C\C/C=C\CCCCCCC)COP(=O)(O)OC1C(O)C(O)C(O)C(O)C1O. The number of phosphoric ester groups is 1. The minimum Gasteiger partial charge on any atom is -0.457 e. The molecule has 0 spiro atoms. The van der Waals surface area contributed by atoms with Crippen LogP contribution in [0.4, 0.5) is 0 Å². The molecule has 0 amide bonds. The second-order valence-electron chi connectivity index (χ2n) is 18.0. The number of hydrogen-bond donors (Lipinski definition) is 6. The van der Waals surface area contributed by atoms with Crippen molar-refractivity contribution in [2.75, 3.05) is 19.8 Å². The van der Waals surface area contributed by atoms with Crippen LogP contribution in [-0.2, 0) is 27.9 Å². The Bertz CT molecular complexity index is 1570. The standard InChI is InChI=1S/C57H95O12P/c1-3-5-7-9-11-13-15-17-19-21-23-24-25-26-27-29-31-33-35-37-39-41-43-45-47-66-48-50(49-67-70(64,65)69-57-55(62)53(60)52(59)54(61)56(57)63)68-51(58)46-44-42-40-38-36-34-32-30-28-22-20-18-16-14-12-10-8-6-4-2/h6,8,12,14-15,17-18,20-21,23,25-26,28,30,34,36,40,42,50,52-57,59-63H,3-5,7,9-11,13,16,19,22,24,27,29,31-33,35,37-39,41,43-49H2,1-2H3,(H,64,65)/b8-6-,14-12-,17-15-,20-18-,23-21-,26-25-,30-28-,36-34-,42-40-. The van der Waals surface area contributed by atoms with E-state index in [1.807, 2.05) is 12.2 Å². The molecule has 0 aliphatic heterocycles. The van der Waals surface area contributed by atoms with E-state index in [9.17, 15) is 39.8 Å². The predicted molar refractivity (Wildman–Crippen MR) is 285 cm³/mol. The number of rotatable bonds is 44. The van der Waals surface area contributed by atoms with E-state index in [4.69, 9.17) is 18.5 Å². The van der Waals surface area contributed by atoms with Crippen LogP contribution in [0.1, 0.15) is 181 Å². The quantitative estimate of drug-likeness (QED) is 0.0147. The molecule has 1 aliphatic carbocycles. The third-order valence-electron chi connectivity index (χ3n) is 11.6. The minimum atomic E-state index is -5.05. The fraction of sp³-hybridized carbons (Fsp3) is 0.667. The number of allylic oxidation sites excluding steroid dienone is 18. The lowest BCUT2D eigenvalue weighted by Crippen LogP contribution is -2.64. The van der Waals surface area contributed by atoms with Gasteiger partial charge < -0.3 is 39.9 Å². The van der Waals surface area contributed by atoms with Crippen molar-refractivity contribution in [2.45, 2.75) is 224 Å². The number of aliphatic hydroxyl groups is 5. The van der Waals surface area contributed by atoms with E-state index in [0.29, 0.717) is 19.4 Å². The van der Waals surface area contributed by atoms with Crippen LogP contribution in [0.2, 0.25) is 0 Å². The zero-order valence-corrected chi connectivity index (χ0v) is 43.9. The van der Waals surface area contributed by atoms with Gasteiger partial charge in [-0.05, 0) is 89.9 Å². The number of aliphatic hydroxyl groups excluding tert-OH is 5. The van der Waals surface area contributed by atoms with Crippen molar-refractivity contribution >= 4 is 13.8 Å². The van der Waals surface area contributed by atoms with Crippen LogP contribution in [0, 0.1) is 0 Å². The molecule has 1 aliphatic rings. The van der Waals surface area contributed by atoms with E-state index < -0.39 is 63.1 Å². The number of phosphoric acid groups is 1. The van der Waals surface area contributed by atoms with Gasteiger partial charge in [0.05, 0.1) is 13.2 Å². The molecule has 1 fully saturated rings. The van der Waals surface area contributed by atoms with E-state index in [1.165, 1.54) is 70.6 Å². The summed E-state index contributed by atoms with van der Waals surface area (Å²) in [5.74, 6) is -0.564. The van der Waals surface area contributed by atoms with Gasteiger partial charge in [-0.2, -0.15) is 0 Å². The van der Waals surface area contributed by atoms with Crippen molar-refractivity contribution < 1.29 is 58.3 Å². The highest BCUT2D eigenvalue weighted by molar-refractivity contribution is 7.47. The molecule has 6 unspecified atom stereocenters. The van der Waals surface area contributed by atoms with Crippen molar-refractivity contribution in [3.8, 4) is 0 Å². The Kier molecular flexibility index (Phi) is 42.6.